The van der Waals surface area contributed by atoms with Crippen LogP contribution >= 0.6 is 0 Å². The summed E-state index contributed by atoms with van der Waals surface area (Å²) in [6.07, 6.45) is 12.2. The van der Waals surface area contributed by atoms with E-state index in [1.54, 1.807) is 0 Å². The molecule has 1 N–H and O–H groups in total. The third kappa shape index (κ3) is 10.8. The average Bonchev–Trinajstić information content (AvgIpc) is 2.40. The molecule has 134 valence electrons. The lowest BCUT2D eigenvalue weighted by Gasteiger charge is -2.36. The largest absolute Gasteiger partial charge is 0.417 e. The van der Waals surface area contributed by atoms with Crippen LogP contribution in [-0.2, 0) is 4.43 Å². The second-order valence-electron chi connectivity index (χ2n) is 8.31. The highest BCUT2D eigenvalue weighted by atomic mass is 28.4. The Hall–Kier alpha value is 0.137. The summed E-state index contributed by atoms with van der Waals surface area (Å²) >= 11 is 0. The maximum Gasteiger partial charge on any atom is 0.191 e. The molecule has 0 rings (SSSR count). The van der Waals surface area contributed by atoms with Crippen LogP contribution in [0.25, 0.3) is 0 Å². The van der Waals surface area contributed by atoms with Crippen molar-refractivity contribution in [3.8, 4) is 0 Å². The summed E-state index contributed by atoms with van der Waals surface area (Å²) in [5.41, 5.74) is 0. The summed E-state index contributed by atoms with van der Waals surface area (Å²) in [6.45, 7) is 14.3. The predicted octanol–water partition coefficient (Wildman–Crippen LogP) is 6.29. The first-order chi connectivity index (χ1) is 10.2. The minimum atomic E-state index is -1.64. The van der Waals surface area contributed by atoms with Crippen molar-refractivity contribution >= 4 is 8.32 Å². The van der Waals surface area contributed by atoms with Crippen LogP contribution in [-0.4, -0.2) is 26.1 Å². The molecule has 22 heavy (non-hydrogen) atoms. The lowest BCUT2D eigenvalue weighted by atomic mass is 10.0. The van der Waals surface area contributed by atoms with Crippen LogP contribution in [0.4, 0.5) is 0 Å². The number of unbranched alkanes of at least 4 members (excludes halogenated alkanes) is 7. The highest BCUT2D eigenvalue weighted by molar-refractivity contribution is 6.74. The SMILES string of the molecule is CCCCCCCCCC[C@H](O)CCO[Si](C)(C)C(C)(C)C. The van der Waals surface area contributed by atoms with E-state index >= 15 is 0 Å². The van der Waals surface area contributed by atoms with Crippen molar-refractivity contribution in [2.75, 3.05) is 6.61 Å². The van der Waals surface area contributed by atoms with E-state index in [2.05, 4.69) is 40.8 Å². The zero-order valence-electron chi connectivity index (χ0n) is 16.2. The van der Waals surface area contributed by atoms with Crippen molar-refractivity contribution < 1.29 is 9.53 Å². The minimum absolute atomic E-state index is 0.176. The third-order valence-electron chi connectivity index (χ3n) is 5.11. The molecule has 0 aromatic rings. The van der Waals surface area contributed by atoms with Crippen molar-refractivity contribution in [1.29, 1.82) is 0 Å². The Morgan fingerprint density at radius 2 is 1.36 bits per heavy atom. The molecule has 0 aromatic carbocycles. The van der Waals surface area contributed by atoms with Gasteiger partial charge in [0.2, 0.25) is 0 Å². The van der Waals surface area contributed by atoms with E-state index in [4.69, 9.17) is 4.43 Å². The molecular formula is C19H42O2Si. The molecule has 0 heterocycles. The zero-order chi connectivity index (χ0) is 17.1. The van der Waals surface area contributed by atoms with E-state index in [-0.39, 0.29) is 11.1 Å². The Balaban J connectivity index is 3.53. The molecule has 0 aliphatic carbocycles. The minimum Gasteiger partial charge on any atom is -0.417 e. The van der Waals surface area contributed by atoms with Gasteiger partial charge in [-0.15, -0.1) is 0 Å². The Labute approximate surface area is 141 Å². The molecule has 0 aromatic heterocycles. The number of hydrogen-bond acceptors (Lipinski definition) is 2. The lowest BCUT2D eigenvalue weighted by molar-refractivity contribution is 0.124. The molecule has 0 saturated heterocycles. The summed E-state index contributed by atoms with van der Waals surface area (Å²) in [4.78, 5) is 0. The number of rotatable bonds is 13. The van der Waals surface area contributed by atoms with Crippen LogP contribution in [0.1, 0.15) is 91.9 Å². The maximum absolute atomic E-state index is 10.1. The fourth-order valence-electron chi connectivity index (χ4n) is 2.32. The van der Waals surface area contributed by atoms with E-state index in [1.165, 1.54) is 44.9 Å². The highest BCUT2D eigenvalue weighted by Crippen LogP contribution is 2.36. The first kappa shape index (κ1) is 22.1. The van der Waals surface area contributed by atoms with E-state index < -0.39 is 8.32 Å². The third-order valence-corrected chi connectivity index (χ3v) is 9.65. The standard InChI is InChI=1S/C19H42O2Si/c1-7-8-9-10-11-12-13-14-15-18(20)16-17-21-22(5,6)19(2,3)4/h18,20H,7-17H2,1-6H3/t18-/m0/s1. The topological polar surface area (TPSA) is 29.5 Å². The van der Waals surface area contributed by atoms with Crippen LogP contribution in [0.5, 0.6) is 0 Å². The zero-order valence-corrected chi connectivity index (χ0v) is 17.2. The highest BCUT2D eigenvalue weighted by Gasteiger charge is 2.36. The predicted molar refractivity (Wildman–Crippen MR) is 101 cm³/mol. The number of aliphatic hydroxyl groups excluding tert-OH is 1. The summed E-state index contributed by atoms with van der Waals surface area (Å²) in [5, 5.41) is 10.3. The van der Waals surface area contributed by atoms with Gasteiger partial charge in [0, 0.05) is 6.61 Å². The van der Waals surface area contributed by atoms with E-state index in [0.29, 0.717) is 6.61 Å². The smallest absolute Gasteiger partial charge is 0.191 e. The normalized spacial score (nSPS) is 14.3. The Morgan fingerprint density at radius 1 is 0.864 bits per heavy atom. The van der Waals surface area contributed by atoms with Gasteiger partial charge in [0.05, 0.1) is 6.10 Å². The summed E-state index contributed by atoms with van der Waals surface area (Å²) in [5.74, 6) is 0. The molecule has 0 radical (unpaired) electrons. The maximum atomic E-state index is 10.1. The first-order valence-electron chi connectivity index (χ1n) is 9.52. The van der Waals surface area contributed by atoms with Crippen molar-refractivity contribution in [3.63, 3.8) is 0 Å². The Morgan fingerprint density at radius 3 is 1.86 bits per heavy atom. The van der Waals surface area contributed by atoms with Crippen molar-refractivity contribution in [2.24, 2.45) is 0 Å². The number of hydrogen-bond donors (Lipinski definition) is 1. The van der Waals surface area contributed by atoms with Crippen LogP contribution in [0.2, 0.25) is 18.1 Å². The van der Waals surface area contributed by atoms with Gasteiger partial charge in [-0.05, 0) is 31.0 Å². The molecule has 2 nitrogen and oxygen atoms in total. The molecule has 0 fully saturated rings. The number of aliphatic hydroxyl groups is 1. The van der Waals surface area contributed by atoms with Gasteiger partial charge < -0.3 is 9.53 Å². The van der Waals surface area contributed by atoms with Gasteiger partial charge in [-0.3, -0.25) is 0 Å². The molecule has 0 aliphatic rings. The van der Waals surface area contributed by atoms with Gasteiger partial charge in [-0.1, -0.05) is 79.1 Å². The second kappa shape index (κ2) is 11.6. The summed E-state index contributed by atoms with van der Waals surface area (Å²) in [7, 11) is -1.64. The second-order valence-corrected chi connectivity index (χ2v) is 13.1. The van der Waals surface area contributed by atoms with Gasteiger partial charge in [-0.2, -0.15) is 0 Å². The molecule has 0 aliphatic heterocycles. The Bertz CT molecular complexity index is 259. The van der Waals surface area contributed by atoms with Crippen molar-refractivity contribution in [1.82, 2.24) is 0 Å². The molecule has 1 atom stereocenters. The molecule has 0 bridgehead atoms. The van der Waals surface area contributed by atoms with Gasteiger partial charge in [0.25, 0.3) is 0 Å². The Kier molecular flexibility index (Phi) is 11.7. The van der Waals surface area contributed by atoms with E-state index in [0.717, 1.165) is 19.3 Å². The van der Waals surface area contributed by atoms with Crippen molar-refractivity contribution in [3.05, 3.63) is 0 Å². The molecule has 0 amide bonds. The molecule has 3 heteroatoms. The lowest BCUT2D eigenvalue weighted by Crippen LogP contribution is -2.41. The van der Waals surface area contributed by atoms with E-state index in [1.807, 2.05) is 0 Å². The van der Waals surface area contributed by atoms with Gasteiger partial charge in [0.15, 0.2) is 8.32 Å². The monoisotopic (exact) mass is 330 g/mol. The summed E-state index contributed by atoms with van der Waals surface area (Å²) < 4.78 is 6.13. The molecular weight excluding hydrogens is 288 g/mol. The molecule has 0 saturated carbocycles. The van der Waals surface area contributed by atoms with Crippen LogP contribution in [0.3, 0.4) is 0 Å². The quantitative estimate of drug-likeness (QED) is 0.317. The average molecular weight is 331 g/mol. The molecule has 0 unspecified atom stereocenters. The van der Waals surface area contributed by atoms with Gasteiger partial charge in [0.1, 0.15) is 0 Å². The van der Waals surface area contributed by atoms with Gasteiger partial charge in [-0.25, -0.2) is 0 Å². The van der Waals surface area contributed by atoms with Crippen molar-refractivity contribution in [2.45, 2.75) is 116 Å². The fourth-order valence-corrected chi connectivity index (χ4v) is 3.39. The van der Waals surface area contributed by atoms with Crippen LogP contribution in [0, 0.1) is 0 Å². The first-order valence-corrected chi connectivity index (χ1v) is 12.4. The summed E-state index contributed by atoms with van der Waals surface area (Å²) in [6, 6.07) is 0. The molecule has 0 spiro atoms. The van der Waals surface area contributed by atoms with Gasteiger partial charge >= 0.3 is 0 Å². The fraction of sp³-hybridized carbons (Fsp3) is 1.00. The van der Waals surface area contributed by atoms with Crippen LogP contribution in [0.15, 0.2) is 0 Å². The van der Waals surface area contributed by atoms with Crippen LogP contribution < -0.4 is 0 Å². The van der Waals surface area contributed by atoms with E-state index in [9.17, 15) is 5.11 Å².